The summed E-state index contributed by atoms with van der Waals surface area (Å²) in [6.07, 6.45) is 1.45. The third-order valence-electron chi connectivity index (χ3n) is 1.98. The fourth-order valence-corrected chi connectivity index (χ4v) is 1.20. The van der Waals surface area contributed by atoms with Gasteiger partial charge in [0, 0.05) is 4.91 Å². The summed E-state index contributed by atoms with van der Waals surface area (Å²) < 4.78 is 5.28. The predicted molar refractivity (Wildman–Crippen MR) is 43.6 cm³/mol. The molecule has 1 aliphatic heterocycles. The second-order valence-corrected chi connectivity index (χ2v) is 3.38. The van der Waals surface area contributed by atoms with E-state index in [0.717, 1.165) is 6.42 Å². The van der Waals surface area contributed by atoms with Gasteiger partial charge in [0.25, 0.3) is 0 Å². The van der Waals surface area contributed by atoms with Crippen molar-refractivity contribution in [3.8, 4) is 0 Å². The number of nitrogens with zero attached hydrogens (tertiary/aromatic N) is 3. The molecule has 0 aromatic rings. The molecule has 1 rings (SSSR count). The lowest BCUT2D eigenvalue weighted by Gasteiger charge is -2.32. The zero-order chi connectivity index (χ0) is 9.03. The summed E-state index contributed by atoms with van der Waals surface area (Å²) in [5.41, 5.74) is 7.35. The van der Waals surface area contributed by atoms with Crippen molar-refractivity contribution in [2.45, 2.75) is 31.5 Å². The van der Waals surface area contributed by atoms with E-state index in [-0.39, 0.29) is 6.10 Å². The lowest BCUT2D eigenvalue weighted by molar-refractivity contribution is -0.106. The number of rotatable bonds is 2. The van der Waals surface area contributed by atoms with Gasteiger partial charge >= 0.3 is 0 Å². The molecule has 0 aliphatic carbocycles. The van der Waals surface area contributed by atoms with Gasteiger partial charge in [-0.3, -0.25) is 0 Å². The molecule has 0 bridgehead atoms. The van der Waals surface area contributed by atoms with Crippen molar-refractivity contribution in [2.24, 2.45) is 5.11 Å². The number of azide groups is 1. The lowest BCUT2D eigenvalue weighted by atomic mass is 9.96. The third kappa shape index (κ3) is 2.70. The van der Waals surface area contributed by atoms with E-state index in [9.17, 15) is 5.11 Å². The first-order chi connectivity index (χ1) is 5.64. The standard InChI is InChI=1S/C7H13N3O2/c1-7(11)3-2-6(12-5-7)4-9-10-8/h6,11H,2-5H2,1H3/t6-,7+/m1/s1. The highest BCUT2D eigenvalue weighted by Crippen LogP contribution is 2.22. The normalized spacial score (nSPS) is 35.7. The fraction of sp³-hybridized carbons (Fsp3) is 1.00. The Bertz CT molecular complexity index is 189. The van der Waals surface area contributed by atoms with Crippen molar-refractivity contribution in [2.75, 3.05) is 13.2 Å². The van der Waals surface area contributed by atoms with Crippen molar-refractivity contribution < 1.29 is 9.84 Å². The van der Waals surface area contributed by atoms with E-state index in [1.807, 2.05) is 0 Å². The topological polar surface area (TPSA) is 78.2 Å². The molecule has 1 heterocycles. The minimum atomic E-state index is -0.702. The van der Waals surface area contributed by atoms with E-state index in [1.54, 1.807) is 6.92 Å². The van der Waals surface area contributed by atoms with E-state index in [0.29, 0.717) is 19.6 Å². The van der Waals surface area contributed by atoms with Gasteiger partial charge in [0.05, 0.1) is 24.9 Å². The number of aliphatic hydroxyl groups is 1. The summed E-state index contributed by atoms with van der Waals surface area (Å²) in [6, 6.07) is 0. The maximum Gasteiger partial charge on any atom is 0.0853 e. The highest BCUT2D eigenvalue weighted by molar-refractivity contribution is 4.80. The van der Waals surface area contributed by atoms with Crippen LogP contribution in [0.15, 0.2) is 5.11 Å². The molecule has 68 valence electrons. The van der Waals surface area contributed by atoms with E-state index in [2.05, 4.69) is 10.0 Å². The molecule has 0 amide bonds. The Morgan fingerprint density at radius 3 is 3.08 bits per heavy atom. The van der Waals surface area contributed by atoms with Gasteiger partial charge < -0.3 is 9.84 Å². The molecule has 1 N–H and O–H groups in total. The molecule has 5 heteroatoms. The van der Waals surface area contributed by atoms with Crippen LogP contribution in [0.2, 0.25) is 0 Å². The van der Waals surface area contributed by atoms with Crippen LogP contribution in [-0.4, -0.2) is 30.0 Å². The van der Waals surface area contributed by atoms with E-state index >= 15 is 0 Å². The summed E-state index contributed by atoms with van der Waals surface area (Å²) in [5.74, 6) is 0. The van der Waals surface area contributed by atoms with Crippen LogP contribution in [0.4, 0.5) is 0 Å². The first-order valence-electron chi connectivity index (χ1n) is 3.99. The lowest BCUT2D eigenvalue weighted by Crippen LogP contribution is -2.40. The van der Waals surface area contributed by atoms with Crippen LogP contribution in [0.3, 0.4) is 0 Å². The molecular weight excluding hydrogens is 158 g/mol. The molecule has 2 atom stereocenters. The van der Waals surface area contributed by atoms with Crippen LogP contribution in [0.5, 0.6) is 0 Å². The van der Waals surface area contributed by atoms with Gasteiger partial charge in [-0.1, -0.05) is 5.11 Å². The largest absolute Gasteiger partial charge is 0.388 e. The Balaban J connectivity index is 2.31. The third-order valence-corrected chi connectivity index (χ3v) is 1.98. The molecule has 0 saturated carbocycles. The zero-order valence-corrected chi connectivity index (χ0v) is 7.10. The van der Waals surface area contributed by atoms with Crippen molar-refractivity contribution in [3.05, 3.63) is 10.4 Å². The Morgan fingerprint density at radius 2 is 2.58 bits per heavy atom. The monoisotopic (exact) mass is 171 g/mol. The average Bonchev–Trinajstić information content (AvgIpc) is 2.03. The average molecular weight is 171 g/mol. The molecule has 1 fully saturated rings. The van der Waals surface area contributed by atoms with Crippen molar-refractivity contribution in [1.82, 2.24) is 0 Å². The SMILES string of the molecule is C[C@]1(O)CC[C@H](CN=[N+]=[N-])OC1. The first kappa shape index (κ1) is 9.32. The van der Waals surface area contributed by atoms with Crippen LogP contribution < -0.4 is 0 Å². The van der Waals surface area contributed by atoms with Gasteiger partial charge in [-0.25, -0.2) is 0 Å². The minimum absolute atomic E-state index is 0.0128. The van der Waals surface area contributed by atoms with Crippen LogP contribution >= 0.6 is 0 Å². The number of hydrogen-bond acceptors (Lipinski definition) is 3. The Labute approximate surface area is 71.0 Å². The molecule has 0 aromatic carbocycles. The number of hydrogen-bond donors (Lipinski definition) is 1. The summed E-state index contributed by atoms with van der Waals surface area (Å²) in [5, 5.41) is 12.9. The van der Waals surface area contributed by atoms with Crippen LogP contribution in [0.25, 0.3) is 10.4 Å². The Kier molecular flexibility index (Phi) is 2.92. The highest BCUT2D eigenvalue weighted by Gasteiger charge is 2.28. The van der Waals surface area contributed by atoms with Gasteiger partial charge in [-0.05, 0) is 25.3 Å². The molecule has 5 nitrogen and oxygen atoms in total. The number of ether oxygens (including phenoxy) is 1. The molecule has 1 saturated heterocycles. The van der Waals surface area contributed by atoms with Crippen molar-refractivity contribution >= 4 is 0 Å². The summed E-state index contributed by atoms with van der Waals surface area (Å²) in [6.45, 7) is 2.45. The summed E-state index contributed by atoms with van der Waals surface area (Å²) in [7, 11) is 0. The van der Waals surface area contributed by atoms with E-state index in [1.165, 1.54) is 0 Å². The summed E-state index contributed by atoms with van der Waals surface area (Å²) in [4.78, 5) is 2.65. The Hall–Kier alpha value is -0.770. The first-order valence-corrected chi connectivity index (χ1v) is 3.99. The van der Waals surface area contributed by atoms with Gasteiger partial charge in [-0.15, -0.1) is 0 Å². The van der Waals surface area contributed by atoms with Gasteiger partial charge in [-0.2, -0.15) is 0 Å². The molecule has 0 radical (unpaired) electrons. The Morgan fingerprint density at radius 1 is 1.83 bits per heavy atom. The smallest absolute Gasteiger partial charge is 0.0853 e. The minimum Gasteiger partial charge on any atom is -0.388 e. The molecule has 0 spiro atoms. The molecule has 12 heavy (non-hydrogen) atoms. The van der Waals surface area contributed by atoms with Crippen molar-refractivity contribution in [1.29, 1.82) is 0 Å². The molecule has 0 unspecified atom stereocenters. The zero-order valence-electron chi connectivity index (χ0n) is 7.10. The van der Waals surface area contributed by atoms with Crippen LogP contribution in [0.1, 0.15) is 19.8 Å². The van der Waals surface area contributed by atoms with Crippen LogP contribution in [-0.2, 0) is 4.74 Å². The molecule has 1 aliphatic rings. The predicted octanol–water partition coefficient (Wildman–Crippen LogP) is 1.23. The van der Waals surface area contributed by atoms with Gasteiger partial charge in [0.2, 0.25) is 0 Å². The molecular formula is C7H13N3O2. The maximum absolute atomic E-state index is 9.49. The van der Waals surface area contributed by atoms with Gasteiger partial charge in [0.1, 0.15) is 0 Å². The second-order valence-electron chi connectivity index (χ2n) is 3.38. The quantitative estimate of drug-likeness (QED) is 0.385. The fourth-order valence-electron chi connectivity index (χ4n) is 1.20. The summed E-state index contributed by atoms with van der Waals surface area (Å²) >= 11 is 0. The van der Waals surface area contributed by atoms with Crippen molar-refractivity contribution in [3.63, 3.8) is 0 Å². The van der Waals surface area contributed by atoms with E-state index in [4.69, 9.17) is 10.3 Å². The highest BCUT2D eigenvalue weighted by atomic mass is 16.5. The second kappa shape index (κ2) is 3.76. The van der Waals surface area contributed by atoms with Crippen LogP contribution in [0, 0.1) is 0 Å². The van der Waals surface area contributed by atoms with Gasteiger partial charge in [0.15, 0.2) is 0 Å². The molecule has 0 aromatic heterocycles. The maximum atomic E-state index is 9.49. The van der Waals surface area contributed by atoms with E-state index < -0.39 is 5.60 Å².